The fraction of sp³-hybridized carbons (Fsp3) is 0.333. The summed E-state index contributed by atoms with van der Waals surface area (Å²) in [5, 5.41) is 1.37. The van der Waals surface area contributed by atoms with E-state index in [1.165, 1.54) is 36.9 Å². The molecular weight excluding hydrogens is 407 g/mol. The van der Waals surface area contributed by atoms with Crippen molar-refractivity contribution in [3.8, 4) is 11.3 Å². The van der Waals surface area contributed by atoms with Gasteiger partial charge in [0.05, 0.1) is 0 Å². The van der Waals surface area contributed by atoms with E-state index in [1.54, 1.807) is 0 Å². The van der Waals surface area contributed by atoms with Crippen LogP contribution in [-0.4, -0.2) is 11.5 Å². The van der Waals surface area contributed by atoms with Crippen molar-refractivity contribution in [1.82, 2.24) is 4.98 Å². The van der Waals surface area contributed by atoms with Crippen LogP contribution >= 0.6 is 22.6 Å². The highest BCUT2D eigenvalue weighted by Gasteiger charge is 2.16. The molecule has 0 saturated heterocycles. The number of para-hydroxylation sites is 1. The van der Waals surface area contributed by atoms with Crippen molar-refractivity contribution in [2.75, 3.05) is 6.54 Å². The molecule has 0 aliphatic heterocycles. The SMILES string of the molecule is CC(C)c1cccc2c(CCCCN)c(-c3ccc(I)cc3)[nH]c12. The normalized spacial score (nSPS) is 11.5. The van der Waals surface area contributed by atoms with E-state index in [1.807, 2.05) is 0 Å². The lowest BCUT2D eigenvalue weighted by Crippen LogP contribution is -1.99. The minimum atomic E-state index is 0.508. The fourth-order valence-electron chi connectivity index (χ4n) is 3.35. The number of halogens is 1. The highest BCUT2D eigenvalue weighted by molar-refractivity contribution is 14.1. The number of aryl methyl sites for hydroxylation is 1. The molecule has 0 amide bonds. The van der Waals surface area contributed by atoms with Crippen molar-refractivity contribution in [2.45, 2.75) is 39.0 Å². The number of benzene rings is 2. The van der Waals surface area contributed by atoms with E-state index >= 15 is 0 Å². The van der Waals surface area contributed by atoms with Crippen molar-refractivity contribution < 1.29 is 0 Å². The molecule has 0 unspecified atom stereocenters. The Morgan fingerprint density at radius 3 is 2.46 bits per heavy atom. The van der Waals surface area contributed by atoms with E-state index in [9.17, 15) is 0 Å². The molecule has 3 rings (SSSR count). The minimum absolute atomic E-state index is 0.508. The van der Waals surface area contributed by atoms with Gasteiger partial charge in [-0.1, -0.05) is 44.2 Å². The zero-order chi connectivity index (χ0) is 17.1. The Labute approximate surface area is 158 Å². The van der Waals surface area contributed by atoms with Crippen LogP contribution in [-0.2, 0) is 6.42 Å². The standard InChI is InChI=1S/C21H25IN2/c1-14(2)17-7-5-8-19-18(6-3-4-13-23)20(24-21(17)19)15-9-11-16(22)12-10-15/h5,7-12,14,24H,3-4,6,13,23H2,1-2H3. The Morgan fingerprint density at radius 1 is 1.04 bits per heavy atom. The van der Waals surface area contributed by atoms with Crippen LogP contribution in [0.15, 0.2) is 42.5 Å². The van der Waals surface area contributed by atoms with Crippen LogP contribution < -0.4 is 5.73 Å². The Hall–Kier alpha value is -1.33. The first-order chi connectivity index (χ1) is 11.6. The maximum atomic E-state index is 5.70. The van der Waals surface area contributed by atoms with Gasteiger partial charge in [-0.05, 0) is 83.1 Å². The van der Waals surface area contributed by atoms with Crippen LogP contribution in [0, 0.1) is 3.57 Å². The average Bonchev–Trinajstić information content (AvgIpc) is 2.94. The number of fused-ring (bicyclic) bond motifs is 1. The molecule has 3 heteroatoms. The smallest absolute Gasteiger partial charge is 0.0497 e. The number of aromatic nitrogens is 1. The predicted molar refractivity (Wildman–Crippen MR) is 113 cm³/mol. The van der Waals surface area contributed by atoms with Crippen molar-refractivity contribution >= 4 is 33.5 Å². The number of H-pyrrole nitrogens is 1. The van der Waals surface area contributed by atoms with Gasteiger partial charge in [0.15, 0.2) is 0 Å². The summed E-state index contributed by atoms with van der Waals surface area (Å²) in [5.74, 6) is 0.508. The summed E-state index contributed by atoms with van der Waals surface area (Å²) >= 11 is 2.36. The molecule has 126 valence electrons. The lowest BCUT2D eigenvalue weighted by molar-refractivity contribution is 0.748. The number of nitrogens with two attached hydrogens (primary N) is 1. The molecular formula is C21H25IN2. The molecule has 0 aliphatic carbocycles. The number of unbranched alkanes of at least 4 members (excludes halogenated alkanes) is 1. The summed E-state index contributed by atoms with van der Waals surface area (Å²) < 4.78 is 1.26. The molecule has 0 atom stereocenters. The number of hydrogen-bond donors (Lipinski definition) is 2. The summed E-state index contributed by atoms with van der Waals surface area (Å²) in [6, 6.07) is 15.5. The zero-order valence-electron chi connectivity index (χ0n) is 14.4. The Balaban J connectivity index is 2.16. The number of rotatable bonds is 6. The zero-order valence-corrected chi connectivity index (χ0v) is 16.6. The molecule has 0 radical (unpaired) electrons. The van der Waals surface area contributed by atoms with Crippen molar-refractivity contribution in [2.24, 2.45) is 5.73 Å². The molecule has 0 spiro atoms. The largest absolute Gasteiger partial charge is 0.354 e. The maximum Gasteiger partial charge on any atom is 0.0497 e. The highest BCUT2D eigenvalue weighted by Crippen LogP contribution is 2.35. The van der Waals surface area contributed by atoms with Crippen LogP contribution in [0.1, 0.15) is 43.7 Å². The van der Waals surface area contributed by atoms with Gasteiger partial charge in [-0.15, -0.1) is 0 Å². The van der Waals surface area contributed by atoms with Gasteiger partial charge in [0, 0.05) is 20.2 Å². The highest BCUT2D eigenvalue weighted by atomic mass is 127. The first-order valence-electron chi connectivity index (χ1n) is 8.71. The van der Waals surface area contributed by atoms with Gasteiger partial charge in [0.2, 0.25) is 0 Å². The monoisotopic (exact) mass is 432 g/mol. The lowest BCUT2D eigenvalue weighted by atomic mass is 9.97. The molecule has 3 N–H and O–H groups in total. The molecule has 0 fully saturated rings. The number of nitrogens with one attached hydrogen (secondary N) is 1. The fourth-order valence-corrected chi connectivity index (χ4v) is 3.71. The van der Waals surface area contributed by atoms with E-state index in [-0.39, 0.29) is 0 Å². The van der Waals surface area contributed by atoms with Gasteiger partial charge in [0.1, 0.15) is 0 Å². The topological polar surface area (TPSA) is 41.8 Å². The molecule has 0 aliphatic rings. The number of hydrogen-bond acceptors (Lipinski definition) is 1. The summed E-state index contributed by atoms with van der Waals surface area (Å²) in [6.07, 6.45) is 3.27. The van der Waals surface area contributed by atoms with E-state index in [0.717, 1.165) is 25.8 Å². The van der Waals surface area contributed by atoms with E-state index < -0.39 is 0 Å². The molecule has 2 aromatic carbocycles. The van der Waals surface area contributed by atoms with Gasteiger partial charge in [-0.2, -0.15) is 0 Å². The molecule has 0 bridgehead atoms. The minimum Gasteiger partial charge on any atom is -0.354 e. The van der Waals surface area contributed by atoms with Crippen molar-refractivity contribution in [3.63, 3.8) is 0 Å². The first kappa shape index (κ1) is 17.5. The third-order valence-corrected chi connectivity index (χ3v) is 5.33. The predicted octanol–water partition coefficient (Wildman–Crippen LogP) is 5.84. The second-order valence-electron chi connectivity index (χ2n) is 6.66. The molecule has 24 heavy (non-hydrogen) atoms. The Kier molecular flexibility index (Phi) is 5.61. The lowest BCUT2D eigenvalue weighted by Gasteiger charge is -2.07. The van der Waals surface area contributed by atoms with E-state index in [4.69, 9.17) is 5.73 Å². The van der Waals surface area contributed by atoms with Crippen molar-refractivity contribution in [3.05, 3.63) is 57.2 Å². The van der Waals surface area contributed by atoms with Gasteiger partial charge in [-0.3, -0.25) is 0 Å². The average molecular weight is 432 g/mol. The quantitative estimate of drug-likeness (QED) is 0.373. The van der Waals surface area contributed by atoms with Crippen molar-refractivity contribution in [1.29, 1.82) is 0 Å². The van der Waals surface area contributed by atoms with Crippen LogP contribution in [0.25, 0.3) is 22.2 Å². The van der Waals surface area contributed by atoms with E-state index in [0.29, 0.717) is 5.92 Å². The Morgan fingerprint density at radius 2 is 1.79 bits per heavy atom. The van der Waals surface area contributed by atoms with Crippen LogP contribution in [0.2, 0.25) is 0 Å². The number of aromatic amines is 1. The molecule has 0 saturated carbocycles. The Bertz CT molecular complexity index is 816. The van der Waals surface area contributed by atoms with Crippen LogP contribution in [0.5, 0.6) is 0 Å². The summed E-state index contributed by atoms with van der Waals surface area (Å²) in [5.41, 5.74) is 12.4. The van der Waals surface area contributed by atoms with Gasteiger partial charge >= 0.3 is 0 Å². The summed E-state index contributed by atoms with van der Waals surface area (Å²) in [7, 11) is 0. The third-order valence-electron chi connectivity index (χ3n) is 4.61. The van der Waals surface area contributed by atoms with E-state index in [2.05, 4.69) is 83.9 Å². The second-order valence-corrected chi connectivity index (χ2v) is 7.90. The van der Waals surface area contributed by atoms with Crippen LogP contribution in [0.3, 0.4) is 0 Å². The maximum absolute atomic E-state index is 5.70. The summed E-state index contributed by atoms with van der Waals surface area (Å²) in [4.78, 5) is 3.74. The summed E-state index contributed by atoms with van der Waals surface area (Å²) in [6.45, 7) is 5.28. The molecule has 3 aromatic rings. The molecule has 1 heterocycles. The van der Waals surface area contributed by atoms with Gasteiger partial charge in [0.25, 0.3) is 0 Å². The van der Waals surface area contributed by atoms with Gasteiger partial charge in [-0.25, -0.2) is 0 Å². The molecule has 1 aromatic heterocycles. The van der Waals surface area contributed by atoms with Gasteiger partial charge < -0.3 is 10.7 Å². The molecule has 2 nitrogen and oxygen atoms in total. The third kappa shape index (κ3) is 3.52. The second kappa shape index (κ2) is 7.70. The van der Waals surface area contributed by atoms with Crippen LogP contribution in [0.4, 0.5) is 0 Å². The first-order valence-corrected chi connectivity index (χ1v) is 9.79.